The van der Waals surface area contributed by atoms with Crippen molar-refractivity contribution < 1.29 is 19.1 Å². The second-order valence-electron chi connectivity index (χ2n) is 13.2. The zero-order chi connectivity index (χ0) is 31.3. The Morgan fingerprint density at radius 1 is 0.302 bits per heavy atom. The highest BCUT2D eigenvalue weighted by atomic mass is 16.5. The van der Waals surface area contributed by atoms with Crippen LogP contribution >= 0.6 is 0 Å². The molecule has 0 atom stereocenters. The number of rotatable bonds is 36. The van der Waals surface area contributed by atoms with Gasteiger partial charge in [0.05, 0.1) is 13.2 Å². The van der Waals surface area contributed by atoms with Gasteiger partial charge in [-0.3, -0.25) is 9.59 Å². The molecule has 0 aliphatic carbocycles. The molecule has 0 aromatic carbocycles. The Labute approximate surface area is 269 Å². The molecule has 0 aromatic rings. The minimum Gasteiger partial charge on any atom is -0.466 e. The topological polar surface area (TPSA) is 52.6 Å². The lowest BCUT2D eigenvalue weighted by molar-refractivity contribution is -0.144. The minimum absolute atomic E-state index is 0.00806. The van der Waals surface area contributed by atoms with Gasteiger partial charge in [-0.25, -0.2) is 0 Å². The molecule has 4 nitrogen and oxygen atoms in total. The summed E-state index contributed by atoms with van der Waals surface area (Å²) in [6, 6.07) is 0. The van der Waals surface area contributed by atoms with E-state index in [1.807, 2.05) is 0 Å². The Balaban J connectivity index is 3.15. The maximum absolute atomic E-state index is 11.8. The predicted octanol–water partition coefficient (Wildman–Crippen LogP) is 13.0. The van der Waals surface area contributed by atoms with E-state index in [0.29, 0.717) is 26.1 Å². The van der Waals surface area contributed by atoms with Crippen molar-refractivity contribution in [3.05, 3.63) is 0 Å². The minimum atomic E-state index is 0.00806. The molecule has 0 fully saturated rings. The zero-order valence-electron chi connectivity index (χ0n) is 29.4. The van der Waals surface area contributed by atoms with E-state index in [0.717, 1.165) is 25.7 Å². The van der Waals surface area contributed by atoms with Crippen LogP contribution in [-0.2, 0) is 19.1 Å². The first-order chi connectivity index (χ1) is 21.2. The molecule has 0 aliphatic heterocycles. The monoisotopic (exact) mass is 609 g/mol. The van der Waals surface area contributed by atoms with Crippen LogP contribution in [-0.4, -0.2) is 25.2 Å². The molecule has 0 amide bonds. The van der Waals surface area contributed by atoms with Crippen molar-refractivity contribution in [2.75, 3.05) is 13.2 Å². The Morgan fingerprint density at radius 2 is 0.512 bits per heavy atom. The normalized spacial score (nSPS) is 11.2. The Morgan fingerprint density at radius 3 is 0.767 bits per heavy atom. The third-order valence-corrected chi connectivity index (χ3v) is 8.78. The summed E-state index contributed by atoms with van der Waals surface area (Å²) < 4.78 is 10.7. The highest BCUT2D eigenvalue weighted by Crippen LogP contribution is 2.16. The molecular formula is C39H76O4. The van der Waals surface area contributed by atoms with Crippen molar-refractivity contribution in [2.45, 2.75) is 226 Å². The molecule has 4 heteroatoms. The maximum atomic E-state index is 11.8. The van der Waals surface area contributed by atoms with E-state index in [4.69, 9.17) is 9.47 Å². The van der Waals surface area contributed by atoms with Gasteiger partial charge in [0.25, 0.3) is 0 Å². The smallest absolute Gasteiger partial charge is 0.305 e. The maximum Gasteiger partial charge on any atom is 0.305 e. The van der Waals surface area contributed by atoms with Crippen molar-refractivity contribution in [1.29, 1.82) is 0 Å². The number of carbonyl (C=O) groups excluding carboxylic acids is 2. The van der Waals surface area contributed by atoms with Gasteiger partial charge in [-0.1, -0.05) is 187 Å². The molecular weight excluding hydrogens is 532 g/mol. The summed E-state index contributed by atoms with van der Waals surface area (Å²) in [7, 11) is 0. The summed E-state index contributed by atoms with van der Waals surface area (Å²) in [5, 5.41) is 0. The summed E-state index contributed by atoms with van der Waals surface area (Å²) in [5.41, 5.74) is 0. The lowest BCUT2D eigenvalue weighted by Gasteiger charge is -2.05. The van der Waals surface area contributed by atoms with E-state index in [-0.39, 0.29) is 11.9 Å². The molecule has 0 unspecified atom stereocenters. The van der Waals surface area contributed by atoms with E-state index >= 15 is 0 Å². The first-order valence-electron chi connectivity index (χ1n) is 19.5. The highest BCUT2D eigenvalue weighted by molar-refractivity contribution is 5.69. The molecule has 0 aromatic heterocycles. The average Bonchev–Trinajstić information content (AvgIpc) is 3.01. The molecule has 256 valence electrons. The van der Waals surface area contributed by atoms with Gasteiger partial charge in [-0.2, -0.15) is 0 Å². The Bertz CT molecular complexity index is 513. The summed E-state index contributed by atoms with van der Waals surface area (Å²) in [6.45, 7) is 5.68. The van der Waals surface area contributed by atoms with Gasteiger partial charge in [-0.05, 0) is 25.7 Å². The van der Waals surface area contributed by atoms with E-state index in [2.05, 4.69) is 13.8 Å². The predicted molar refractivity (Wildman–Crippen MR) is 186 cm³/mol. The van der Waals surface area contributed by atoms with Crippen molar-refractivity contribution in [1.82, 2.24) is 0 Å². The van der Waals surface area contributed by atoms with Crippen LogP contribution in [0.15, 0.2) is 0 Å². The zero-order valence-corrected chi connectivity index (χ0v) is 29.4. The van der Waals surface area contributed by atoms with Crippen LogP contribution in [0.25, 0.3) is 0 Å². The second kappa shape index (κ2) is 37.1. The van der Waals surface area contributed by atoms with Crippen LogP contribution in [0.5, 0.6) is 0 Å². The van der Waals surface area contributed by atoms with Crippen molar-refractivity contribution in [2.24, 2.45) is 0 Å². The number of hydrogen-bond donors (Lipinski definition) is 0. The fraction of sp³-hybridized carbons (Fsp3) is 0.949. The van der Waals surface area contributed by atoms with Crippen LogP contribution in [0.1, 0.15) is 226 Å². The molecule has 0 bridgehead atoms. The van der Waals surface area contributed by atoms with Gasteiger partial charge >= 0.3 is 11.9 Å². The molecule has 0 spiro atoms. The number of carbonyl (C=O) groups is 2. The SMILES string of the molecule is CCCCCCCOC(=O)CCCCCCCCCCCCCCCCCCCCCCCC(=O)OCCCCCCC. The van der Waals surface area contributed by atoms with E-state index in [1.54, 1.807) is 0 Å². The van der Waals surface area contributed by atoms with Crippen molar-refractivity contribution in [3.63, 3.8) is 0 Å². The van der Waals surface area contributed by atoms with Gasteiger partial charge in [0.1, 0.15) is 0 Å². The average molecular weight is 609 g/mol. The third kappa shape index (κ3) is 37.0. The van der Waals surface area contributed by atoms with Gasteiger partial charge in [-0.15, -0.1) is 0 Å². The van der Waals surface area contributed by atoms with Crippen LogP contribution in [0, 0.1) is 0 Å². The summed E-state index contributed by atoms with van der Waals surface area (Å²) >= 11 is 0. The fourth-order valence-electron chi connectivity index (χ4n) is 5.83. The fourth-order valence-corrected chi connectivity index (χ4v) is 5.83. The van der Waals surface area contributed by atoms with E-state index in [9.17, 15) is 9.59 Å². The molecule has 0 saturated carbocycles. The Kier molecular flexibility index (Phi) is 36.2. The molecule has 0 aliphatic rings. The standard InChI is InChI=1S/C39H76O4/c1-3-5-7-28-32-36-42-38(40)34-30-26-24-22-20-18-16-14-12-10-9-11-13-15-17-19-21-23-25-27-31-35-39(41)43-37-33-29-8-6-4-2/h3-37H2,1-2H3. The number of hydrogen-bond acceptors (Lipinski definition) is 4. The lowest BCUT2D eigenvalue weighted by atomic mass is 10.0. The second-order valence-corrected chi connectivity index (χ2v) is 13.2. The summed E-state index contributed by atoms with van der Waals surface area (Å²) in [4.78, 5) is 23.5. The molecule has 0 heterocycles. The van der Waals surface area contributed by atoms with Crippen LogP contribution in [0.2, 0.25) is 0 Å². The van der Waals surface area contributed by atoms with E-state index < -0.39 is 0 Å². The van der Waals surface area contributed by atoms with Gasteiger partial charge < -0.3 is 9.47 Å². The molecule has 0 saturated heterocycles. The molecule has 0 rings (SSSR count). The molecule has 43 heavy (non-hydrogen) atoms. The van der Waals surface area contributed by atoms with Gasteiger partial charge in [0, 0.05) is 12.8 Å². The largest absolute Gasteiger partial charge is 0.466 e. The number of ether oxygens (including phenoxy) is 2. The van der Waals surface area contributed by atoms with Gasteiger partial charge in [0.15, 0.2) is 0 Å². The summed E-state index contributed by atoms with van der Waals surface area (Å²) in [5.74, 6) is 0.0161. The molecule has 0 radical (unpaired) electrons. The van der Waals surface area contributed by atoms with Crippen molar-refractivity contribution >= 4 is 11.9 Å². The van der Waals surface area contributed by atoms with Crippen LogP contribution < -0.4 is 0 Å². The van der Waals surface area contributed by atoms with Gasteiger partial charge in [0.2, 0.25) is 0 Å². The third-order valence-electron chi connectivity index (χ3n) is 8.78. The Hall–Kier alpha value is -1.06. The van der Waals surface area contributed by atoms with Crippen LogP contribution in [0.4, 0.5) is 0 Å². The summed E-state index contributed by atoms with van der Waals surface area (Å²) in [6.07, 6.45) is 40.9. The first kappa shape index (κ1) is 41.9. The quantitative estimate of drug-likeness (QED) is 0.0524. The molecule has 0 N–H and O–H groups in total. The lowest BCUT2D eigenvalue weighted by Crippen LogP contribution is -2.05. The number of unbranched alkanes of at least 4 members (excludes halogenated alkanes) is 28. The van der Waals surface area contributed by atoms with Crippen LogP contribution in [0.3, 0.4) is 0 Å². The van der Waals surface area contributed by atoms with E-state index in [1.165, 1.54) is 173 Å². The van der Waals surface area contributed by atoms with Crippen molar-refractivity contribution in [3.8, 4) is 0 Å². The highest BCUT2D eigenvalue weighted by Gasteiger charge is 2.04. The first-order valence-corrected chi connectivity index (χ1v) is 19.5. The number of esters is 2.